The number of carbonyl (C=O) groups is 1. The Hall–Kier alpha value is -1.79. The first-order valence-electron chi connectivity index (χ1n) is 6.98. The summed E-state index contributed by atoms with van der Waals surface area (Å²) >= 11 is 0. The Balaban J connectivity index is 2.07. The van der Waals surface area contributed by atoms with Crippen LogP contribution in [0.25, 0.3) is 0 Å². The van der Waals surface area contributed by atoms with Crippen LogP contribution in [0.2, 0.25) is 0 Å². The summed E-state index contributed by atoms with van der Waals surface area (Å²) in [6.07, 6.45) is 0. The highest BCUT2D eigenvalue weighted by Crippen LogP contribution is 2.28. The van der Waals surface area contributed by atoms with Gasteiger partial charge in [-0.25, -0.2) is 0 Å². The molecule has 0 aliphatic carbocycles. The van der Waals surface area contributed by atoms with Crippen LogP contribution in [0.15, 0.2) is 18.2 Å². The van der Waals surface area contributed by atoms with E-state index in [2.05, 4.69) is 0 Å². The van der Waals surface area contributed by atoms with Gasteiger partial charge in [-0.05, 0) is 31.7 Å². The Morgan fingerprint density at radius 3 is 2.90 bits per heavy atom. The number of nitrogens with zero attached hydrogens (tertiary/aromatic N) is 1. The normalized spacial score (nSPS) is 21.7. The average Bonchev–Trinajstić information content (AvgIpc) is 2.92. The molecule has 0 radical (unpaired) electrons. The van der Waals surface area contributed by atoms with Gasteiger partial charge in [0.25, 0.3) is 0 Å². The molecule has 1 aromatic rings. The highest BCUT2D eigenvalue weighted by atomic mass is 16.5. The predicted octanol–water partition coefficient (Wildman–Crippen LogP) is 1.32. The molecular weight excluding hydrogens is 274 g/mol. The molecule has 1 fully saturated rings. The van der Waals surface area contributed by atoms with E-state index in [1.807, 2.05) is 18.9 Å². The van der Waals surface area contributed by atoms with Gasteiger partial charge in [-0.1, -0.05) is 6.07 Å². The summed E-state index contributed by atoms with van der Waals surface area (Å²) in [5, 5.41) is 18.9. The van der Waals surface area contributed by atoms with Crippen molar-refractivity contribution >= 4 is 5.97 Å². The molecule has 6 nitrogen and oxygen atoms in total. The van der Waals surface area contributed by atoms with E-state index in [1.54, 1.807) is 18.2 Å². The zero-order chi connectivity index (χ0) is 15.4. The fourth-order valence-corrected chi connectivity index (χ4v) is 2.55. The first kappa shape index (κ1) is 15.6. The van der Waals surface area contributed by atoms with Gasteiger partial charge in [-0.2, -0.15) is 0 Å². The van der Waals surface area contributed by atoms with Crippen molar-refractivity contribution in [2.45, 2.75) is 19.5 Å². The molecule has 2 unspecified atom stereocenters. The lowest BCUT2D eigenvalue weighted by atomic mass is 10.0. The Bertz CT molecular complexity index is 505. The molecule has 6 heteroatoms. The number of phenolic OH excluding ortho intramolecular Hbond substituents is 1. The number of benzene rings is 1. The summed E-state index contributed by atoms with van der Waals surface area (Å²) < 4.78 is 10.6. The van der Waals surface area contributed by atoms with Crippen molar-refractivity contribution in [3.63, 3.8) is 0 Å². The van der Waals surface area contributed by atoms with Crippen LogP contribution in [-0.2, 0) is 16.1 Å². The van der Waals surface area contributed by atoms with Crippen LogP contribution in [0.4, 0.5) is 0 Å². The zero-order valence-corrected chi connectivity index (χ0v) is 12.3. The van der Waals surface area contributed by atoms with Gasteiger partial charge in [-0.15, -0.1) is 0 Å². The van der Waals surface area contributed by atoms with Gasteiger partial charge in [0.15, 0.2) is 11.5 Å². The number of aliphatic carboxylic acids is 1. The maximum Gasteiger partial charge on any atom is 0.310 e. The lowest BCUT2D eigenvalue weighted by molar-refractivity contribution is -0.143. The standard InChI is InChI=1S/C15H21NO5/c1-3-21-14-6-10(4-5-13(14)17)7-16(2)12-9-20-8-11(12)15(18)19/h4-6,11-12,17H,3,7-9H2,1-2H3,(H,18,19). The Kier molecular flexibility index (Phi) is 5.03. The van der Waals surface area contributed by atoms with Crippen LogP contribution in [0, 0.1) is 5.92 Å². The first-order chi connectivity index (χ1) is 10.0. The van der Waals surface area contributed by atoms with Crippen molar-refractivity contribution in [1.82, 2.24) is 4.90 Å². The second-order valence-electron chi connectivity index (χ2n) is 5.20. The summed E-state index contributed by atoms with van der Waals surface area (Å²) in [6, 6.07) is 5.03. The topological polar surface area (TPSA) is 79.2 Å². The molecule has 2 atom stereocenters. The molecule has 21 heavy (non-hydrogen) atoms. The number of hydrogen-bond donors (Lipinski definition) is 2. The van der Waals surface area contributed by atoms with Crippen LogP contribution < -0.4 is 4.74 Å². The van der Waals surface area contributed by atoms with Crippen LogP contribution in [0.3, 0.4) is 0 Å². The third-order valence-corrected chi connectivity index (χ3v) is 3.69. The van der Waals surface area contributed by atoms with Crippen molar-refractivity contribution in [2.24, 2.45) is 5.92 Å². The van der Waals surface area contributed by atoms with Gasteiger partial charge in [0.2, 0.25) is 0 Å². The summed E-state index contributed by atoms with van der Waals surface area (Å²) in [5.41, 5.74) is 0.954. The van der Waals surface area contributed by atoms with E-state index < -0.39 is 11.9 Å². The number of carboxylic acids is 1. The predicted molar refractivity (Wildman–Crippen MR) is 76.5 cm³/mol. The van der Waals surface area contributed by atoms with Crippen LogP contribution in [-0.4, -0.2) is 54.0 Å². The van der Waals surface area contributed by atoms with Gasteiger partial charge in [0.1, 0.15) is 0 Å². The average molecular weight is 295 g/mol. The Morgan fingerprint density at radius 1 is 1.48 bits per heavy atom. The van der Waals surface area contributed by atoms with E-state index >= 15 is 0 Å². The fourth-order valence-electron chi connectivity index (χ4n) is 2.55. The number of ether oxygens (including phenoxy) is 2. The minimum Gasteiger partial charge on any atom is -0.504 e. The minimum atomic E-state index is -0.829. The Labute approximate surface area is 123 Å². The highest BCUT2D eigenvalue weighted by molar-refractivity contribution is 5.71. The van der Waals surface area contributed by atoms with Gasteiger partial charge in [-0.3, -0.25) is 9.69 Å². The SMILES string of the molecule is CCOc1cc(CN(C)C2COCC2C(=O)O)ccc1O. The molecule has 0 aromatic heterocycles. The second kappa shape index (κ2) is 6.78. The smallest absolute Gasteiger partial charge is 0.310 e. The van der Waals surface area contributed by atoms with E-state index in [9.17, 15) is 15.0 Å². The van der Waals surface area contributed by atoms with Crippen molar-refractivity contribution < 1.29 is 24.5 Å². The quantitative estimate of drug-likeness (QED) is 0.824. The molecular formula is C15H21NO5. The van der Waals surface area contributed by atoms with Gasteiger partial charge >= 0.3 is 5.97 Å². The lowest BCUT2D eigenvalue weighted by Gasteiger charge is -2.26. The maximum atomic E-state index is 11.2. The van der Waals surface area contributed by atoms with Crippen molar-refractivity contribution in [1.29, 1.82) is 0 Å². The second-order valence-corrected chi connectivity index (χ2v) is 5.20. The summed E-state index contributed by atoms with van der Waals surface area (Å²) in [6.45, 7) is 3.57. The number of hydrogen-bond acceptors (Lipinski definition) is 5. The summed E-state index contributed by atoms with van der Waals surface area (Å²) in [4.78, 5) is 13.2. The van der Waals surface area contributed by atoms with Crippen LogP contribution >= 0.6 is 0 Å². The maximum absolute atomic E-state index is 11.2. The molecule has 1 heterocycles. The molecule has 1 aliphatic rings. The minimum absolute atomic E-state index is 0.107. The van der Waals surface area contributed by atoms with E-state index in [1.165, 1.54) is 0 Å². The lowest BCUT2D eigenvalue weighted by Crippen LogP contribution is -2.40. The third kappa shape index (κ3) is 3.65. The van der Waals surface area contributed by atoms with Crippen molar-refractivity contribution in [3.05, 3.63) is 23.8 Å². The molecule has 0 saturated carbocycles. The third-order valence-electron chi connectivity index (χ3n) is 3.69. The number of carboxylic acid groups (broad SMARTS) is 1. The molecule has 2 rings (SSSR count). The van der Waals surface area contributed by atoms with Gasteiger partial charge < -0.3 is 19.7 Å². The van der Waals surface area contributed by atoms with Crippen LogP contribution in [0.5, 0.6) is 11.5 Å². The molecule has 1 aliphatic heterocycles. The van der Waals surface area contributed by atoms with Crippen molar-refractivity contribution in [2.75, 3.05) is 26.9 Å². The molecule has 1 saturated heterocycles. The molecule has 0 spiro atoms. The van der Waals surface area contributed by atoms with E-state index in [-0.39, 0.29) is 18.4 Å². The highest BCUT2D eigenvalue weighted by Gasteiger charge is 2.36. The number of likely N-dealkylation sites (N-methyl/N-ethyl adjacent to an activating group) is 1. The zero-order valence-electron chi connectivity index (χ0n) is 12.3. The largest absolute Gasteiger partial charge is 0.504 e. The summed E-state index contributed by atoms with van der Waals surface area (Å²) in [7, 11) is 1.88. The number of phenols is 1. The first-order valence-corrected chi connectivity index (χ1v) is 6.98. The fraction of sp³-hybridized carbons (Fsp3) is 0.533. The van der Waals surface area contributed by atoms with E-state index in [4.69, 9.17) is 9.47 Å². The number of rotatable bonds is 6. The molecule has 0 bridgehead atoms. The molecule has 1 aromatic carbocycles. The van der Waals surface area contributed by atoms with Crippen LogP contribution in [0.1, 0.15) is 12.5 Å². The monoisotopic (exact) mass is 295 g/mol. The molecule has 0 amide bonds. The van der Waals surface area contributed by atoms with E-state index in [0.717, 1.165) is 5.56 Å². The van der Waals surface area contributed by atoms with Crippen molar-refractivity contribution in [3.8, 4) is 11.5 Å². The summed E-state index contributed by atoms with van der Waals surface area (Å²) in [5.74, 6) is -0.778. The number of aromatic hydroxyl groups is 1. The van der Waals surface area contributed by atoms with Gasteiger partial charge in [0, 0.05) is 12.6 Å². The van der Waals surface area contributed by atoms with E-state index in [0.29, 0.717) is 25.5 Å². The molecule has 2 N–H and O–H groups in total. The molecule has 116 valence electrons. The van der Waals surface area contributed by atoms with Gasteiger partial charge in [0.05, 0.1) is 25.7 Å². The Morgan fingerprint density at radius 2 is 2.24 bits per heavy atom.